The van der Waals surface area contributed by atoms with Gasteiger partial charge in [0.25, 0.3) is 0 Å². The molecule has 8 heteroatoms. The van der Waals surface area contributed by atoms with Crippen LogP contribution in [0.5, 0.6) is 0 Å². The zero-order chi connectivity index (χ0) is 20.5. The molecule has 0 radical (unpaired) electrons. The molecule has 2 rings (SSSR count). The Kier molecular flexibility index (Phi) is 7.50. The van der Waals surface area contributed by atoms with Crippen molar-refractivity contribution in [1.82, 2.24) is 10.6 Å². The number of amides is 4. The molecule has 0 aliphatic carbocycles. The number of urea groups is 1. The maximum atomic E-state index is 12.9. The molecular formula is C20H23FN4O3. The fourth-order valence-electron chi connectivity index (χ4n) is 2.50. The lowest BCUT2D eigenvalue weighted by Crippen LogP contribution is -2.47. The van der Waals surface area contributed by atoms with Crippen LogP contribution < -0.4 is 21.7 Å². The standard InChI is InChI=1S/C20H23FN4O3/c1-2-3-17(19(27)24-16-10-6-14(7-11-16)18(22)26)25-20(28)23-12-13-4-8-15(21)9-5-13/h4-11,17H,2-3,12H2,1H3,(H2,22,26)(H,24,27)(H2,23,25,28)/t17-/m1/s1. The van der Waals surface area contributed by atoms with Crippen LogP contribution in [-0.4, -0.2) is 23.9 Å². The SMILES string of the molecule is CCC[C@@H](NC(=O)NCc1ccc(F)cc1)C(=O)Nc1ccc(C(N)=O)cc1. The topological polar surface area (TPSA) is 113 Å². The molecular weight excluding hydrogens is 363 g/mol. The Hall–Kier alpha value is -3.42. The van der Waals surface area contributed by atoms with Gasteiger partial charge in [-0.25, -0.2) is 9.18 Å². The molecule has 28 heavy (non-hydrogen) atoms. The van der Waals surface area contributed by atoms with Gasteiger partial charge in [-0.15, -0.1) is 0 Å². The van der Waals surface area contributed by atoms with Gasteiger partial charge in [0.05, 0.1) is 0 Å². The number of benzene rings is 2. The molecule has 0 unspecified atom stereocenters. The molecule has 0 saturated heterocycles. The van der Waals surface area contributed by atoms with E-state index in [-0.39, 0.29) is 18.3 Å². The van der Waals surface area contributed by atoms with E-state index in [2.05, 4.69) is 16.0 Å². The maximum Gasteiger partial charge on any atom is 0.315 e. The number of hydrogen-bond acceptors (Lipinski definition) is 3. The maximum absolute atomic E-state index is 12.9. The molecule has 148 valence electrons. The number of halogens is 1. The highest BCUT2D eigenvalue weighted by Gasteiger charge is 2.20. The van der Waals surface area contributed by atoms with Crippen LogP contribution in [-0.2, 0) is 11.3 Å². The first kappa shape index (κ1) is 20.9. The van der Waals surface area contributed by atoms with Gasteiger partial charge in [-0.1, -0.05) is 25.5 Å². The zero-order valence-electron chi connectivity index (χ0n) is 15.5. The average molecular weight is 386 g/mol. The Morgan fingerprint density at radius 3 is 2.25 bits per heavy atom. The quantitative estimate of drug-likeness (QED) is 0.559. The molecule has 2 aromatic rings. The second kappa shape index (κ2) is 10.1. The van der Waals surface area contributed by atoms with E-state index < -0.39 is 18.0 Å². The van der Waals surface area contributed by atoms with Crippen molar-refractivity contribution in [2.45, 2.75) is 32.4 Å². The van der Waals surface area contributed by atoms with E-state index in [1.807, 2.05) is 6.92 Å². The summed E-state index contributed by atoms with van der Waals surface area (Å²) in [7, 11) is 0. The largest absolute Gasteiger partial charge is 0.366 e. The van der Waals surface area contributed by atoms with E-state index >= 15 is 0 Å². The summed E-state index contributed by atoms with van der Waals surface area (Å²) in [6, 6.07) is 10.7. The fraction of sp³-hybridized carbons (Fsp3) is 0.250. The minimum atomic E-state index is -0.728. The molecule has 2 aromatic carbocycles. The summed E-state index contributed by atoms with van der Waals surface area (Å²) in [4.78, 5) is 35.7. The molecule has 0 aromatic heterocycles. The van der Waals surface area contributed by atoms with Gasteiger partial charge in [0.1, 0.15) is 11.9 Å². The number of nitrogens with two attached hydrogens (primary N) is 1. The molecule has 0 aliphatic heterocycles. The summed E-state index contributed by atoms with van der Waals surface area (Å²) in [6.07, 6.45) is 1.14. The predicted octanol–water partition coefficient (Wildman–Crippen LogP) is 2.53. The highest BCUT2D eigenvalue weighted by atomic mass is 19.1. The first-order chi connectivity index (χ1) is 13.4. The van der Waals surface area contributed by atoms with Crippen molar-refractivity contribution in [2.75, 3.05) is 5.32 Å². The predicted molar refractivity (Wildman–Crippen MR) is 104 cm³/mol. The molecule has 4 amide bonds. The fourth-order valence-corrected chi connectivity index (χ4v) is 2.50. The number of anilines is 1. The van der Waals surface area contributed by atoms with Crippen molar-refractivity contribution >= 4 is 23.5 Å². The second-order valence-corrected chi connectivity index (χ2v) is 6.23. The third-order valence-corrected chi connectivity index (χ3v) is 4.00. The smallest absolute Gasteiger partial charge is 0.315 e. The molecule has 0 spiro atoms. The molecule has 5 N–H and O–H groups in total. The molecule has 7 nitrogen and oxygen atoms in total. The monoisotopic (exact) mass is 386 g/mol. The lowest BCUT2D eigenvalue weighted by molar-refractivity contribution is -0.118. The Balaban J connectivity index is 1.91. The van der Waals surface area contributed by atoms with E-state index in [9.17, 15) is 18.8 Å². The molecule has 0 fully saturated rings. The molecule has 0 saturated carbocycles. The van der Waals surface area contributed by atoms with Gasteiger partial charge in [-0.3, -0.25) is 9.59 Å². The lowest BCUT2D eigenvalue weighted by atomic mass is 10.1. The summed E-state index contributed by atoms with van der Waals surface area (Å²) in [5.74, 6) is -1.27. The molecule has 1 atom stereocenters. The minimum absolute atomic E-state index is 0.209. The van der Waals surface area contributed by atoms with E-state index in [1.165, 1.54) is 24.3 Å². The summed E-state index contributed by atoms with van der Waals surface area (Å²) in [6.45, 7) is 2.11. The number of carbonyl (C=O) groups is 3. The molecule has 0 heterocycles. The number of primary amides is 1. The molecule has 0 bridgehead atoms. The number of nitrogens with one attached hydrogen (secondary N) is 3. The highest BCUT2D eigenvalue weighted by Crippen LogP contribution is 2.11. The van der Waals surface area contributed by atoms with Crippen LogP contribution >= 0.6 is 0 Å². The average Bonchev–Trinajstić information content (AvgIpc) is 2.67. The Bertz CT molecular complexity index is 822. The third kappa shape index (κ3) is 6.39. The second-order valence-electron chi connectivity index (χ2n) is 6.23. The van der Waals surface area contributed by atoms with E-state index in [0.717, 1.165) is 5.56 Å². The Labute approximate surface area is 162 Å². The summed E-state index contributed by atoms with van der Waals surface area (Å²) >= 11 is 0. The van der Waals surface area contributed by atoms with Gasteiger partial charge < -0.3 is 21.7 Å². The van der Waals surface area contributed by atoms with Gasteiger partial charge in [0.2, 0.25) is 11.8 Å². The van der Waals surface area contributed by atoms with Gasteiger partial charge in [0.15, 0.2) is 0 Å². The van der Waals surface area contributed by atoms with Crippen LogP contribution in [0, 0.1) is 5.82 Å². The number of rotatable bonds is 8. The first-order valence-electron chi connectivity index (χ1n) is 8.88. The van der Waals surface area contributed by atoms with Crippen molar-refractivity contribution in [1.29, 1.82) is 0 Å². The van der Waals surface area contributed by atoms with Gasteiger partial charge in [-0.05, 0) is 48.4 Å². The summed E-state index contributed by atoms with van der Waals surface area (Å²) in [5.41, 5.74) is 6.75. The van der Waals surface area contributed by atoms with Gasteiger partial charge in [0, 0.05) is 17.8 Å². The van der Waals surface area contributed by atoms with Crippen LogP contribution in [0.15, 0.2) is 48.5 Å². The summed E-state index contributed by atoms with van der Waals surface area (Å²) in [5, 5.41) is 7.98. The third-order valence-electron chi connectivity index (χ3n) is 4.00. The minimum Gasteiger partial charge on any atom is -0.366 e. The number of hydrogen-bond donors (Lipinski definition) is 4. The van der Waals surface area contributed by atoms with Crippen LogP contribution in [0.4, 0.5) is 14.9 Å². The van der Waals surface area contributed by atoms with E-state index in [0.29, 0.717) is 24.1 Å². The lowest BCUT2D eigenvalue weighted by Gasteiger charge is -2.18. The number of carbonyl (C=O) groups excluding carboxylic acids is 3. The molecule has 0 aliphatic rings. The first-order valence-corrected chi connectivity index (χ1v) is 8.88. The van der Waals surface area contributed by atoms with Crippen molar-refractivity contribution in [2.24, 2.45) is 5.73 Å². The Morgan fingerprint density at radius 1 is 1.04 bits per heavy atom. The van der Waals surface area contributed by atoms with Crippen LogP contribution in [0.2, 0.25) is 0 Å². The summed E-state index contributed by atoms with van der Waals surface area (Å²) < 4.78 is 12.9. The van der Waals surface area contributed by atoms with Crippen LogP contribution in [0.3, 0.4) is 0 Å². The van der Waals surface area contributed by atoms with Crippen molar-refractivity contribution < 1.29 is 18.8 Å². The van der Waals surface area contributed by atoms with Gasteiger partial charge in [-0.2, -0.15) is 0 Å². The van der Waals surface area contributed by atoms with Crippen LogP contribution in [0.25, 0.3) is 0 Å². The Morgan fingerprint density at radius 2 is 1.68 bits per heavy atom. The van der Waals surface area contributed by atoms with Crippen LogP contribution in [0.1, 0.15) is 35.7 Å². The normalized spacial score (nSPS) is 11.4. The van der Waals surface area contributed by atoms with Crippen molar-refractivity contribution in [3.63, 3.8) is 0 Å². The highest BCUT2D eigenvalue weighted by molar-refractivity contribution is 5.98. The van der Waals surface area contributed by atoms with Crippen molar-refractivity contribution in [3.05, 3.63) is 65.5 Å². The van der Waals surface area contributed by atoms with Gasteiger partial charge >= 0.3 is 6.03 Å². The van der Waals surface area contributed by atoms with E-state index in [4.69, 9.17) is 5.73 Å². The zero-order valence-corrected chi connectivity index (χ0v) is 15.5. The van der Waals surface area contributed by atoms with Crippen molar-refractivity contribution in [3.8, 4) is 0 Å². The van der Waals surface area contributed by atoms with E-state index in [1.54, 1.807) is 24.3 Å².